The van der Waals surface area contributed by atoms with E-state index in [0.717, 1.165) is 23.3 Å². The fraction of sp³-hybridized carbons (Fsp3) is 0.323. The SMILES string of the molecule is Cc1ccc(S(=O)(=O)N(CC(=O)N2CCc3sccc3[C@H]2COc2ccc(C(C)C)cc2)Cc2ccco2)cc1. The van der Waals surface area contributed by atoms with Crippen LogP contribution >= 0.6 is 11.3 Å². The summed E-state index contributed by atoms with van der Waals surface area (Å²) in [7, 11) is -3.96. The third kappa shape index (κ3) is 6.16. The van der Waals surface area contributed by atoms with Crippen molar-refractivity contribution in [3.8, 4) is 5.75 Å². The van der Waals surface area contributed by atoms with Crippen molar-refractivity contribution in [2.45, 2.75) is 50.6 Å². The molecule has 7 nitrogen and oxygen atoms in total. The Bertz CT molecular complexity index is 1530. The van der Waals surface area contributed by atoms with Crippen molar-refractivity contribution >= 4 is 27.3 Å². The van der Waals surface area contributed by atoms with Gasteiger partial charge in [0, 0.05) is 11.4 Å². The number of hydrogen-bond donors (Lipinski definition) is 0. The van der Waals surface area contributed by atoms with Crippen LogP contribution in [-0.2, 0) is 27.8 Å². The summed E-state index contributed by atoms with van der Waals surface area (Å²) in [6, 6.07) is 19.8. The zero-order valence-electron chi connectivity index (χ0n) is 22.9. The number of furan rings is 1. The van der Waals surface area contributed by atoms with E-state index in [1.807, 2.05) is 30.5 Å². The third-order valence-electron chi connectivity index (χ3n) is 7.25. The van der Waals surface area contributed by atoms with Gasteiger partial charge in [-0.25, -0.2) is 8.42 Å². The van der Waals surface area contributed by atoms with E-state index < -0.39 is 10.0 Å². The molecule has 4 aromatic rings. The molecule has 1 atom stereocenters. The fourth-order valence-electron chi connectivity index (χ4n) is 4.90. The minimum atomic E-state index is -3.96. The molecule has 0 fully saturated rings. The third-order valence-corrected chi connectivity index (χ3v) is 10.1. The highest BCUT2D eigenvalue weighted by Crippen LogP contribution is 2.34. The van der Waals surface area contributed by atoms with E-state index in [9.17, 15) is 13.2 Å². The predicted octanol–water partition coefficient (Wildman–Crippen LogP) is 6.17. The Morgan fingerprint density at radius 3 is 2.52 bits per heavy atom. The number of sulfonamides is 1. The molecule has 2 aromatic heterocycles. The number of hydrogen-bond acceptors (Lipinski definition) is 6. The monoisotopic (exact) mass is 578 g/mol. The van der Waals surface area contributed by atoms with Crippen LogP contribution in [0.25, 0.3) is 0 Å². The van der Waals surface area contributed by atoms with Gasteiger partial charge in [0.25, 0.3) is 0 Å². The molecule has 0 unspecified atom stereocenters. The number of benzene rings is 2. The Kier molecular flexibility index (Phi) is 8.44. The Hall–Kier alpha value is -3.40. The minimum absolute atomic E-state index is 0.0458. The zero-order valence-corrected chi connectivity index (χ0v) is 24.6. The Morgan fingerprint density at radius 2 is 1.85 bits per heavy atom. The average molecular weight is 579 g/mol. The second kappa shape index (κ2) is 12.0. The van der Waals surface area contributed by atoms with Crippen molar-refractivity contribution in [3.63, 3.8) is 0 Å². The molecule has 9 heteroatoms. The Balaban J connectivity index is 1.38. The van der Waals surface area contributed by atoms with Gasteiger partial charge < -0.3 is 14.1 Å². The minimum Gasteiger partial charge on any atom is -0.491 e. The lowest BCUT2D eigenvalue weighted by Crippen LogP contribution is -2.47. The number of ether oxygens (including phenoxy) is 1. The van der Waals surface area contributed by atoms with Crippen LogP contribution in [0.5, 0.6) is 5.75 Å². The standard InChI is InChI=1S/C31H34N2O5S2/c1-22(2)24-8-10-25(11-9-24)38-21-29-28-15-18-39-30(28)14-16-33(29)31(34)20-32(19-26-5-4-17-37-26)40(35,36)27-12-6-23(3)7-13-27/h4-13,15,17-18,22,29H,14,16,19-21H2,1-3H3/t29-/m1/s1. The first kappa shape index (κ1) is 28.1. The summed E-state index contributed by atoms with van der Waals surface area (Å²) in [4.78, 5) is 17.0. The van der Waals surface area contributed by atoms with E-state index in [1.165, 1.54) is 21.0 Å². The van der Waals surface area contributed by atoms with E-state index in [1.54, 1.807) is 52.6 Å². The molecule has 0 saturated heterocycles. The Labute approximate surface area is 240 Å². The second-order valence-corrected chi connectivity index (χ2v) is 13.3. The molecule has 0 aliphatic carbocycles. The van der Waals surface area contributed by atoms with Crippen molar-refractivity contribution in [1.82, 2.24) is 9.21 Å². The molecule has 0 saturated carbocycles. The van der Waals surface area contributed by atoms with Crippen molar-refractivity contribution in [2.24, 2.45) is 0 Å². The maximum Gasteiger partial charge on any atom is 0.243 e. The fourth-order valence-corrected chi connectivity index (χ4v) is 7.19. The van der Waals surface area contributed by atoms with Gasteiger partial charge in [0.2, 0.25) is 15.9 Å². The van der Waals surface area contributed by atoms with E-state index in [4.69, 9.17) is 9.15 Å². The molecule has 40 heavy (non-hydrogen) atoms. The molecule has 0 bridgehead atoms. The highest BCUT2D eigenvalue weighted by molar-refractivity contribution is 7.89. The predicted molar refractivity (Wildman–Crippen MR) is 156 cm³/mol. The number of carbonyl (C=O) groups is 1. The summed E-state index contributed by atoms with van der Waals surface area (Å²) < 4.78 is 40.3. The smallest absolute Gasteiger partial charge is 0.243 e. The topological polar surface area (TPSA) is 80.1 Å². The first-order valence-corrected chi connectivity index (χ1v) is 15.7. The Morgan fingerprint density at radius 1 is 1.10 bits per heavy atom. The molecule has 0 radical (unpaired) electrons. The highest BCUT2D eigenvalue weighted by atomic mass is 32.2. The zero-order chi connectivity index (χ0) is 28.3. The van der Waals surface area contributed by atoms with Crippen LogP contribution in [0.4, 0.5) is 0 Å². The van der Waals surface area contributed by atoms with Crippen LogP contribution in [0.2, 0.25) is 0 Å². The molecule has 210 valence electrons. The summed E-state index contributed by atoms with van der Waals surface area (Å²) in [5.41, 5.74) is 3.24. The van der Waals surface area contributed by atoms with Crippen molar-refractivity contribution in [2.75, 3.05) is 19.7 Å². The summed E-state index contributed by atoms with van der Waals surface area (Å²) in [6.07, 6.45) is 2.22. The van der Waals surface area contributed by atoms with Crippen molar-refractivity contribution in [3.05, 3.63) is 106 Å². The quantitative estimate of drug-likeness (QED) is 0.225. The second-order valence-electron chi connectivity index (χ2n) is 10.4. The van der Waals surface area contributed by atoms with Gasteiger partial charge in [-0.1, -0.05) is 43.7 Å². The van der Waals surface area contributed by atoms with Crippen LogP contribution in [0.15, 0.2) is 87.7 Å². The summed E-state index contributed by atoms with van der Waals surface area (Å²) in [5, 5.41) is 2.04. The summed E-state index contributed by atoms with van der Waals surface area (Å²) in [5.74, 6) is 1.35. The number of nitrogens with zero attached hydrogens (tertiary/aromatic N) is 2. The van der Waals surface area contributed by atoms with Crippen molar-refractivity contribution in [1.29, 1.82) is 0 Å². The molecule has 3 heterocycles. The number of amides is 1. The maximum atomic E-state index is 13.9. The van der Waals surface area contributed by atoms with Gasteiger partial charge in [-0.15, -0.1) is 11.3 Å². The number of carbonyl (C=O) groups excluding carboxylic acids is 1. The van der Waals surface area contributed by atoms with E-state index in [2.05, 4.69) is 26.0 Å². The normalized spacial score (nSPS) is 15.4. The molecule has 1 aliphatic heterocycles. The van der Waals surface area contributed by atoms with Gasteiger partial charge in [-0.2, -0.15) is 4.31 Å². The number of rotatable bonds is 10. The van der Waals surface area contributed by atoms with Crippen LogP contribution in [0, 0.1) is 6.92 Å². The van der Waals surface area contributed by atoms with Crippen molar-refractivity contribution < 1.29 is 22.4 Å². The first-order valence-electron chi connectivity index (χ1n) is 13.4. The van der Waals surface area contributed by atoms with Crippen LogP contribution < -0.4 is 4.74 Å². The van der Waals surface area contributed by atoms with E-state index in [0.29, 0.717) is 18.2 Å². The lowest BCUT2D eigenvalue weighted by molar-refractivity contribution is -0.135. The van der Waals surface area contributed by atoms with Gasteiger partial charge >= 0.3 is 0 Å². The summed E-state index contributed by atoms with van der Waals surface area (Å²) >= 11 is 1.68. The number of aryl methyl sites for hydroxylation is 1. The molecule has 1 aliphatic rings. The van der Waals surface area contributed by atoms with Gasteiger partial charge in [-0.05, 0) is 78.2 Å². The number of fused-ring (bicyclic) bond motifs is 1. The highest BCUT2D eigenvalue weighted by Gasteiger charge is 2.35. The lowest BCUT2D eigenvalue weighted by atomic mass is 10.0. The first-order chi connectivity index (χ1) is 19.2. The molecule has 1 amide bonds. The van der Waals surface area contributed by atoms with Crippen LogP contribution in [-0.4, -0.2) is 43.2 Å². The summed E-state index contributed by atoms with van der Waals surface area (Å²) in [6.45, 7) is 6.61. The molecular formula is C31H34N2O5S2. The maximum absolute atomic E-state index is 13.9. The average Bonchev–Trinajstić information content (AvgIpc) is 3.64. The van der Waals surface area contributed by atoms with Gasteiger partial charge in [-0.3, -0.25) is 4.79 Å². The van der Waals surface area contributed by atoms with Gasteiger partial charge in [0.1, 0.15) is 18.1 Å². The number of thiophene rings is 1. The largest absolute Gasteiger partial charge is 0.491 e. The molecule has 2 aromatic carbocycles. The van der Waals surface area contributed by atoms with Gasteiger partial charge in [0.05, 0.1) is 30.3 Å². The molecular weight excluding hydrogens is 544 g/mol. The van der Waals surface area contributed by atoms with Crippen LogP contribution in [0.1, 0.15) is 53.1 Å². The lowest BCUT2D eigenvalue weighted by Gasteiger charge is -2.37. The molecule has 0 N–H and O–H groups in total. The van der Waals surface area contributed by atoms with E-state index in [-0.39, 0.29) is 36.5 Å². The van der Waals surface area contributed by atoms with Gasteiger partial charge in [0.15, 0.2) is 0 Å². The molecule has 0 spiro atoms. The molecule has 5 rings (SSSR count). The van der Waals surface area contributed by atoms with E-state index >= 15 is 0 Å². The van der Waals surface area contributed by atoms with Crippen LogP contribution in [0.3, 0.4) is 0 Å².